The van der Waals surface area contributed by atoms with Crippen LogP contribution < -0.4 is 14.8 Å². The maximum atomic E-state index is 12.2. The number of aromatic nitrogens is 1. The number of carbonyl (C=O) groups is 3. The standard InChI is InChI=1S/C16H19N5O3/c1-2-7-20-14(22)15(23)21(16(20)24)12-18-8-10-19(11-9-18)13-3-5-17-6-4-13/h2-6H,1,7-12H2/p+2. The number of hydrogen-bond donors (Lipinski definition) is 1. The molecule has 0 spiro atoms. The monoisotopic (exact) mass is 331 g/mol. The third kappa shape index (κ3) is 3.00. The van der Waals surface area contributed by atoms with Crippen LogP contribution in [0.1, 0.15) is 0 Å². The van der Waals surface area contributed by atoms with Crippen LogP contribution in [0.2, 0.25) is 0 Å². The van der Waals surface area contributed by atoms with Gasteiger partial charge in [-0.2, -0.15) is 0 Å². The van der Waals surface area contributed by atoms with Crippen LogP contribution in [-0.2, 0) is 9.59 Å². The first-order valence-electron chi connectivity index (χ1n) is 7.94. The van der Waals surface area contributed by atoms with Gasteiger partial charge in [0, 0.05) is 24.4 Å². The SMILES string of the molecule is C=CCN1C(=O)C(=O)N(C[NH+]2CCN(c3cc[nH+]cc3)CC2)C1=O. The number of urea groups is 1. The van der Waals surface area contributed by atoms with E-state index in [1.807, 2.05) is 24.5 Å². The molecule has 2 aliphatic rings. The first-order valence-corrected chi connectivity index (χ1v) is 7.94. The van der Waals surface area contributed by atoms with Gasteiger partial charge in [0.1, 0.15) is 0 Å². The Morgan fingerprint density at radius 1 is 1.08 bits per heavy atom. The average Bonchev–Trinajstić information content (AvgIpc) is 2.81. The van der Waals surface area contributed by atoms with E-state index in [4.69, 9.17) is 0 Å². The fourth-order valence-corrected chi connectivity index (χ4v) is 3.03. The van der Waals surface area contributed by atoms with Crippen molar-refractivity contribution < 1.29 is 24.3 Å². The molecule has 8 heteroatoms. The summed E-state index contributed by atoms with van der Waals surface area (Å²) in [5, 5.41) is 0. The Morgan fingerprint density at radius 3 is 2.33 bits per heavy atom. The lowest BCUT2D eigenvalue weighted by Crippen LogP contribution is -3.16. The molecule has 2 N–H and O–H groups in total. The fourth-order valence-electron chi connectivity index (χ4n) is 3.03. The zero-order valence-electron chi connectivity index (χ0n) is 13.4. The molecule has 1 aromatic heterocycles. The van der Waals surface area contributed by atoms with Crippen molar-refractivity contribution in [1.29, 1.82) is 0 Å². The predicted molar refractivity (Wildman–Crippen MR) is 84.9 cm³/mol. The summed E-state index contributed by atoms with van der Waals surface area (Å²) < 4.78 is 0. The van der Waals surface area contributed by atoms with Crippen molar-refractivity contribution in [1.82, 2.24) is 9.80 Å². The number of pyridine rings is 1. The summed E-state index contributed by atoms with van der Waals surface area (Å²) in [5.41, 5.74) is 1.15. The van der Waals surface area contributed by atoms with Crippen LogP contribution in [0.15, 0.2) is 37.2 Å². The zero-order chi connectivity index (χ0) is 17.1. The fraction of sp³-hybridized carbons (Fsp3) is 0.375. The highest BCUT2D eigenvalue weighted by molar-refractivity contribution is 6.44. The topological polar surface area (TPSA) is 79.5 Å². The van der Waals surface area contributed by atoms with Gasteiger partial charge in [-0.25, -0.2) is 14.7 Å². The minimum absolute atomic E-state index is 0.0635. The van der Waals surface area contributed by atoms with Gasteiger partial charge in [0.2, 0.25) is 0 Å². The molecule has 0 aliphatic carbocycles. The normalized spacial score (nSPS) is 19.3. The average molecular weight is 331 g/mol. The number of nitrogens with zero attached hydrogens (tertiary/aromatic N) is 3. The molecule has 24 heavy (non-hydrogen) atoms. The van der Waals surface area contributed by atoms with Crippen LogP contribution in [0, 0.1) is 0 Å². The number of rotatable bonds is 5. The highest BCUT2D eigenvalue weighted by Crippen LogP contribution is 2.12. The summed E-state index contributed by atoms with van der Waals surface area (Å²) in [7, 11) is 0. The predicted octanol–water partition coefficient (Wildman–Crippen LogP) is -1.86. The second kappa shape index (κ2) is 6.79. The number of hydrogen-bond acceptors (Lipinski definition) is 4. The van der Waals surface area contributed by atoms with E-state index in [2.05, 4.69) is 16.5 Å². The van der Waals surface area contributed by atoms with Crippen LogP contribution >= 0.6 is 0 Å². The summed E-state index contributed by atoms with van der Waals surface area (Å²) in [5.74, 6) is -1.51. The largest absolute Gasteiger partial charge is 0.360 e. The van der Waals surface area contributed by atoms with Crippen molar-refractivity contribution in [3.63, 3.8) is 0 Å². The number of anilines is 1. The van der Waals surface area contributed by atoms with E-state index in [1.54, 1.807) is 0 Å². The zero-order valence-corrected chi connectivity index (χ0v) is 13.4. The molecule has 0 radical (unpaired) electrons. The lowest BCUT2D eigenvalue weighted by molar-refractivity contribution is -0.907. The first-order chi connectivity index (χ1) is 11.6. The van der Waals surface area contributed by atoms with Crippen LogP contribution in [0.4, 0.5) is 10.5 Å². The minimum Gasteiger partial charge on any atom is -0.360 e. The Bertz CT molecular complexity index is 655. The number of aromatic amines is 1. The molecule has 0 aromatic carbocycles. The molecule has 2 fully saturated rings. The van der Waals surface area contributed by atoms with Gasteiger partial charge in [0.05, 0.1) is 26.2 Å². The number of carbonyl (C=O) groups excluding carboxylic acids is 3. The molecule has 0 saturated carbocycles. The number of piperazine rings is 1. The van der Waals surface area contributed by atoms with Crippen LogP contribution in [0.5, 0.6) is 0 Å². The van der Waals surface area contributed by atoms with Gasteiger partial charge in [-0.1, -0.05) is 6.08 Å². The second-order valence-corrected chi connectivity index (χ2v) is 5.87. The summed E-state index contributed by atoms with van der Waals surface area (Å²) in [4.78, 5) is 44.4. The van der Waals surface area contributed by atoms with Crippen molar-refractivity contribution in [3.05, 3.63) is 37.2 Å². The van der Waals surface area contributed by atoms with E-state index < -0.39 is 17.8 Å². The van der Waals surface area contributed by atoms with Crippen molar-refractivity contribution in [2.24, 2.45) is 0 Å². The summed E-state index contributed by atoms with van der Waals surface area (Å²) >= 11 is 0. The molecule has 3 rings (SSSR count). The molecule has 4 amide bonds. The summed E-state index contributed by atoms with van der Waals surface area (Å²) in [6.07, 6.45) is 5.21. The molecule has 1 aromatic rings. The molecule has 126 valence electrons. The Kier molecular flexibility index (Phi) is 4.57. The Balaban J connectivity index is 1.58. The van der Waals surface area contributed by atoms with Crippen molar-refractivity contribution in [2.75, 3.05) is 44.3 Å². The van der Waals surface area contributed by atoms with E-state index >= 15 is 0 Å². The van der Waals surface area contributed by atoms with E-state index in [0.29, 0.717) is 0 Å². The van der Waals surface area contributed by atoms with Crippen LogP contribution in [-0.4, -0.2) is 67.0 Å². The molecular weight excluding hydrogens is 310 g/mol. The van der Waals surface area contributed by atoms with Crippen molar-refractivity contribution >= 4 is 23.5 Å². The van der Waals surface area contributed by atoms with Gasteiger partial charge in [-0.05, 0) is 0 Å². The Morgan fingerprint density at radius 2 is 1.71 bits per heavy atom. The second-order valence-electron chi connectivity index (χ2n) is 5.87. The smallest absolute Gasteiger partial charge is 0.339 e. The van der Waals surface area contributed by atoms with Crippen LogP contribution in [0.3, 0.4) is 0 Å². The maximum Gasteiger partial charge on any atom is 0.339 e. The van der Waals surface area contributed by atoms with Crippen LogP contribution in [0.25, 0.3) is 0 Å². The van der Waals surface area contributed by atoms with Gasteiger partial charge >= 0.3 is 17.8 Å². The molecule has 8 nitrogen and oxygen atoms in total. The maximum absolute atomic E-state index is 12.2. The molecule has 0 atom stereocenters. The third-order valence-corrected chi connectivity index (χ3v) is 4.36. The third-order valence-electron chi connectivity index (χ3n) is 4.36. The highest BCUT2D eigenvalue weighted by Gasteiger charge is 2.45. The first kappa shape index (κ1) is 16.1. The Hall–Kier alpha value is -2.74. The minimum atomic E-state index is -0.765. The number of nitrogens with one attached hydrogen (secondary N) is 2. The Labute approximate surface area is 139 Å². The number of amides is 4. The lowest BCUT2D eigenvalue weighted by atomic mass is 10.3. The molecule has 0 unspecified atom stereocenters. The van der Waals surface area contributed by atoms with E-state index in [0.717, 1.165) is 46.6 Å². The van der Waals surface area contributed by atoms with E-state index in [-0.39, 0.29) is 13.2 Å². The van der Waals surface area contributed by atoms with Gasteiger partial charge in [-0.15, -0.1) is 6.58 Å². The molecular formula is C16H21N5O3+2. The number of quaternary nitrogens is 1. The lowest BCUT2D eigenvalue weighted by Gasteiger charge is -2.34. The number of H-pyrrole nitrogens is 1. The molecule has 2 aliphatic heterocycles. The summed E-state index contributed by atoms with van der Waals surface area (Å²) in [6.45, 7) is 7.06. The quantitative estimate of drug-likeness (QED) is 0.390. The van der Waals surface area contributed by atoms with Gasteiger partial charge < -0.3 is 9.80 Å². The molecule has 3 heterocycles. The van der Waals surface area contributed by atoms with E-state index in [1.165, 1.54) is 6.08 Å². The molecule has 2 saturated heterocycles. The van der Waals surface area contributed by atoms with Gasteiger partial charge in [0.15, 0.2) is 19.1 Å². The van der Waals surface area contributed by atoms with Gasteiger partial charge in [0.25, 0.3) is 0 Å². The van der Waals surface area contributed by atoms with Crippen molar-refractivity contribution in [3.8, 4) is 0 Å². The molecule has 0 bridgehead atoms. The van der Waals surface area contributed by atoms with Gasteiger partial charge in [-0.3, -0.25) is 14.5 Å². The highest BCUT2D eigenvalue weighted by atomic mass is 16.2. The number of imide groups is 2. The van der Waals surface area contributed by atoms with Crippen molar-refractivity contribution in [2.45, 2.75) is 0 Å². The van der Waals surface area contributed by atoms with E-state index in [9.17, 15) is 14.4 Å². The summed E-state index contributed by atoms with van der Waals surface area (Å²) in [6, 6.07) is 3.49.